The summed E-state index contributed by atoms with van der Waals surface area (Å²) in [5.74, 6) is -0.578. The number of aliphatic hydroxyl groups excluding tert-OH is 1. The van der Waals surface area contributed by atoms with Gasteiger partial charge in [-0.25, -0.2) is 9.97 Å². The monoisotopic (exact) mass is 1070 g/mol. The second kappa shape index (κ2) is 26.7. The summed E-state index contributed by atoms with van der Waals surface area (Å²) >= 11 is 12.8. The van der Waals surface area contributed by atoms with Gasteiger partial charge in [-0.3, -0.25) is 19.0 Å². The minimum atomic E-state index is -4.07. The number of sulfonamides is 2. The molecule has 0 atom stereocenters. The smallest absolute Gasteiger partial charge is 1.00 e. The van der Waals surface area contributed by atoms with E-state index in [1.165, 1.54) is 24.3 Å². The Balaban J connectivity index is 0.000000267. The molecule has 2 aliphatic carbocycles. The molecule has 0 radical (unpaired) electrons. The molecule has 3 heterocycles. The third-order valence-corrected chi connectivity index (χ3v) is 14.9. The Kier molecular flexibility index (Phi) is 21.4. The number of benzene rings is 3. The Hall–Kier alpha value is -5.18. The number of anilines is 2. The Labute approximate surface area is 453 Å². The second-order valence-electron chi connectivity index (χ2n) is 17.0. The number of aromatic nitrogens is 3. The van der Waals surface area contributed by atoms with Gasteiger partial charge in [0.25, 0.3) is 33.0 Å². The van der Waals surface area contributed by atoms with Gasteiger partial charge in [0.15, 0.2) is 10.1 Å². The van der Waals surface area contributed by atoms with Gasteiger partial charge in [-0.05, 0) is 155 Å². The normalized spacial score (nSPS) is 17.5. The van der Waals surface area contributed by atoms with Crippen molar-refractivity contribution in [2.45, 2.75) is 114 Å². The predicted molar refractivity (Wildman–Crippen MR) is 271 cm³/mol. The molecule has 3 N–H and O–H groups in total. The number of pyridine rings is 3. The predicted octanol–water partition coefficient (Wildman–Crippen LogP) is 7.62. The number of aliphatic hydroxyl groups is 1. The zero-order valence-corrected chi connectivity index (χ0v) is 45.5. The average Bonchev–Trinajstić information content (AvgIpc) is 3.33. The quantitative estimate of drug-likeness (QED) is 0.0545. The third-order valence-electron chi connectivity index (χ3n) is 11.8. The zero-order chi connectivity index (χ0) is 51.3. The third kappa shape index (κ3) is 15.9. The molecule has 72 heavy (non-hydrogen) atoms. The summed E-state index contributed by atoms with van der Waals surface area (Å²) in [6.07, 6.45) is 5.59. The Morgan fingerprint density at radius 3 is 1.67 bits per heavy atom. The van der Waals surface area contributed by atoms with Crippen LogP contribution in [0.5, 0.6) is 5.88 Å². The topological polar surface area (TPSA) is 213 Å². The van der Waals surface area contributed by atoms with E-state index in [0.717, 1.165) is 70.7 Å². The van der Waals surface area contributed by atoms with E-state index in [-0.39, 0.29) is 72.1 Å². The van der Waals surface area contributed by atoms with Crippen LogP contribution >= 0.6 is 23.2 Å². The molecule has 6 aromatic rings. The summed E-state index contributed by atoms with van der Waals surface area (Å²) in [4.78, 5) is 32.4. The minimum absolute atomic E-state index is 0. The van der Waals surface area contributed by atoms with Crippen LogP contribution in [0.15, 0.2) is 113 Å². The summed E-state index contributed by atoms with van der Waals surface area (Å²) in [6.45, 7) is 8.80. The van der Waals surface area contributed by atoms with Gasteiger partial charge in [0.2, 0.25) is 11.8 Å². The molecule has 3 aromatic heterocycles. The summed E-state index contributed by atoms with van der Waals surface area (Å²) in [5.41, 5.74) is 7.43. The fourth-order valence-electron chi connectivity index (χ4n) is 8.23. The van der Waals surface area contributed by atoms with Crippen LogP contribution in [-0.2, 0) is 39.1 Å². The molecule has 0 bridgehead atoms. The molecule has 15 nitrogen and oxygen atoms in total. The molecular formula is C51H55Cl2FN5NaO10S2. The van der Waals surface area contributed by atoms with Crippen molar-refractivity contribution in [3.8, 4) is 28.3 Å². The molecule has 8 rings (SSSR count). The number of carbonyl (C=O) groups is 2. The molecule has 0 amide bonds. The molecule has 378 valence electrons. The molecule has 0 aliphatic heterocycles. The summed E-state index contributed by atoms with van der Waals surface area (Å²) in [5, 5.41) is 9.41. The summed E-state index contributed by atoms with van der Waals surface area (Å²) < 4.78 is 84.9. The number of carbonyl (C=O) groups excluding carboxylic acids is 2. The Morgan fingerprint density at radius 1 is 0.611 bits per heavy atom. The van der Waals surface area contributed by atoms with Gasteiger partial charge in [0.05, 0.1) is 16.8 Å². The van der Waals surface area contributed by atoms with Crippen LogP contribution in [0.1, 0.15) is 75.0 Å². The minimum Gasteiger partial charge on any atom is -1.00 e. The van der Waals surface area contributed by atoms with Crippen molar-refractivity contribution in [3.05, 3.63) is 141 Å². The maximum absolute atomic E-state index is 13.2. The summed E-state index contributed by atoms with van der Waals surface area (Å²) in [7, 11) is -8.04. The number of ether oxygens (including phenoxy) is 3. The second-order valence-corrected chi connectivity index (χ2v) is 21.1. The van der Waals surface area contributed by atoms with Gasteiger partial charge in [0.1, 0.15) is 24.1 Å². The number of halogens is 3. The fraction of sp³-hybridized carbons (Fsp3) is 0.314. The van der Waals surface area contributed by atoms with E-state index in [4.69, 9.17) is 42.5 Å². The van der Waals surface area contributed by atoms with E-state index in [1.807, 2.05) is 64.1 Å². The number of hydrogen-bond acceptors (Lipinski definition) is 13. The van der Waals surface area contributed by atoms with Gasteiger partial charge in [-0.15, -0.1) is 0 Å². The van der Waals surface area contributed by atoms with Crippen molar-refractivity contribution < 1.29 is 81.1 Å². The Bertz CT molecular complexity index is 3020. The number of hydrogen-bond donors (Lipinski definition) is 3. The van der Waals surface area contributed by atoms with Crippen LogP contribution in [0.2, 0.25) is 10.0 Å². The molecule has 0 saturated heterocycles. The van der Waals surface area contributed by atoms with Gasteiger partial charge in [-0.1, -0.05) is 71.7 Å². The molecule has 0 spiro atoms. The first-order valence-electron chi connectivity index (χ1n) is 22.6. The van der Waals surface area contributed by atoms with Crippen molar-refractivity contribution in [2.75, 3.05) is 9.44 Å². The average molecular weight is 1080 g/mol. The van der Waals surface area contributed by atoms with Crippen LogP contribution in [0.3, 0.4) is 0 Å². The van der Waals surface area contributed by atoms with Crippen LogP contribution in [0, 0.1) is 33.6 Å². The molecule has 0 unspecified atom stereocenters. The first kappa shape index (κ1) is 57.7. The number of aryl methyl sites for hydroxylation is 4. The van der Waals surface area contributed by atoms with E-state index < -0.39 is 31.0 Å². The van der Waals surface area contributed by atoms with Crippen molar-refractivity contribution in [1.29, 1.82) is 0 Å². The van der Waals surface area contributed by atoms with E-state index in [9.17, 15) is 30.8 Å². The molecule has 2 fully saturated rings. The van der Waals surface area contributed by atoms with Crippen LogP contribution in [0.4, 0.5) is 15.9 Å². The first-order chi connectivity index (χ1) is 33.9. The van der Waals surface area contributed by atoms with Gasteiger partial charge >= 0.3 is 29.6 Å². The molecule has 2 saturated carbocycles. The largest absolute Gasteiger partial charge is 1.00 e. The Morgan fingerprint density at radius 2 is 1.10 bits per heavy atom. The SMILES string of the molecule is Cc1cccc(C)c1-c1cc(NS(=O)(=O)c2cccc(OC3CCC(OC=O)CC3)n2)ccc1Cl.Cc1cccc(C)c1-c1nc(NS(=O)(=O)c2cccc(F)n2)ccc1Cl.O=COC1CCC(O)CC1.[H-].[Na+]. The van der Waals surface area contributed by atoms with E-state index >= 15 is 0 Å². The standard InChI is InChI=1S/C26H27ClN2O5S.C18H15ClFN3O2S.C7H12O3.Na.H/c1-17-5-3-6-18(2)26(17)22-15-19(9-14-23(22)27)29-35(31,32)25-8-4-7-24(28-25)34-21-12-10-20(11-13-21)33-16-30;1-11-5-3-6-12(2)17(11)18-13(19)9-10-15(22-18)23-26(24,25)16-8-4-7-14(20)21-16;8-5-10-7-3-1-6(9)2-4-7;;/h3-9,14-16,20-21,29H,10-13H2,1-2H3;3-10H,1-2H3,(H,22,23);5-7,9H,1-4H2;;/q;;;+1;-1. The van der Waals surface area contributed by atoms with Gasteiger partial charge in [0, 0.05) is 27.9 Å². The zero-order valence-electron chi connectivity index (χ0n) is 41.3. The van der Waals surface area contributed by atoms with E-state index in [1.54, 1.807) is 36.4 Å². The number of nitrogens with zero attached hydrogens (tertiary/aromatic N) is 3. The van der Waals surface area contributed by atoms with Crippen LogP contribution in [0.25, 0.3) is 22.4 Å². The molecular weight excluding hydrogens is 1020 g/mol. The maximum atomic E-state index is 13.2. The van der Waals surface area contributed by atoms with Crippen molar-refractivity contribution in [1.82, 2.24) is 15.0 Å². The van der Waals surface area contributed by atoms with Gasteiger partial charge in [-0.2, -0.15) is 26.2 Å². The molecule has 21 heteroatoms. The molecule has 3 aromatic carbocycles. The number of nitrogens with one attached hydrogen (secondary N) is 2. The summed E-state index contributed by atoms with van der Waals surface area (Å²) in [6, 6.07) is 28.0. The van der Waals surface area contributed by atoms with Crippen LogP contribution < -0.4 is 43.7 Å². The van der Waals surface area contributed by atoms with Crippen molar-refractivity contribution >= 4 is 67.7 Å². The first-order valence-corrected chi connectivity index (χ1v) is 26.4. The maximum Gasteiger partial charge on any atom is 1.00 e. The fourth-order valence-corrected chi connectivity index (χ4v) is 10.6. The van der Waals surface area contributed by atoms with Gasteiger partial charge < -0.3 is 20.7 Å². The number of rotatable bonds is 14. The van der Waals surface area contributed by atoms with E-state index in [0.29, 0.717) is 60.1 Å². The molecule has 2 aliphatic rings. The van der Waals surface area contributed by atoms with Crippen molar-refractivity contribution in [3.63, 3.8) is 0 Å². The van der Waals surface area contributed by atoms with Crippen LogP contribution in [-0.4, -0.2) is 74.3 Å². The van der Waals surface area contributed by atoms with E-state index in [2.05, 4.69) is 24.4 Å². The van der Waals surface area contributed by atoms with Crippen molar-refractivity contribution in [2.24, 2.45) is 0 Å².